The van der Waals surface area contributed by atoms with Gasteiger partial charge < -0.3 is 5.73 Å². The summed E-state index contributed by atoms with van der Waals surface area (Å²) in [4.78, 5) is 11.1. The van der Waals surface area contributed by atoms with Gasteiger partial charge in [-0.15, -0.1) is 0 Å². The zero-order chi connectivity index (χ0) is 19.0. The third-order valence-corrected chi connectivity index (χ3v) is 4.91. The van der Waals surface area contributed by atoms with Crippen LogP contribution in [0.4, 0.5) is 11.4 Å². The van der Waals surface area contributed by atoms with E-state index >= 15 is 0 Å². The van der Waals surface area contributed by atoms with Gasteiger partial charge in [-0.3, -0.25) is 9.88 Å². The van der Waals surface area contributed by atoms with Gasteiger partial charge in [0.2, 0.25) is 5.96 Å². The highest BCUT2D eigenvalue weighted by Crippen LogP contribution is 2.37. The molecule has 4 rings (SSSR count). The van der Waals surface area contributed by atoms with E-state index in [1.54, 1.807) is 0 Å². The third-order valence-electron chi connectivity index (χ3n) is 4.91. The number of fused-ring (bicyclic) bond motifs is 1. The number of aryl methyl sites for hydroxylation is 2. The Hall–Kier alpha value is -3.40. The molecule has 134 valence electrons. The van der Waals surface area contributed by atoms with Crippen molar-refractivity contribution in [1.82, 2.24) is 4.98 Å². The molecule has 0 bridgehead atoms. The first-order valence-electron chi connectivity index (χ1n) is 9.07. The summed E-state index contributed by atoms with van der Waals surface area (Å²) in [5.74, 6) is 0.427. The second kappa shape index (κ2) is 6.72. The largest absolute Gasteiger partial charge is 0.369 e. The molecule has 0 aliphatic carbocycles. The standard InChI is InChI=1S/C23H22N4/c1-4-21-15(2)12-18(14-25-21)17-10-11-22-20(13-17)16(3)27(23(24)26-22)19-8-6-5-7-9-19/h5-14H,3-4H2,1-2H3,(H2,24,26). The van der Waals surface area contributed by atoms with E-state index in [1.807, 2.05) is 47.5 Å². The summed E-state index contributed by atoms with van der Waals surface area (Å²) >= 11 is 0. The van der Waals surface area contributed by atoms with Crippen molar-refractivity contribution < 1.29 is 0 Å². The number of nitrogens with zero attached hydrogens (tertiary/aromatic N) is 3. The van der Waals surface area contributed by atoms with Crippen LogP contribution in [0.15, 0.2) is 72.4 Å². The van der Waals surface area contributed by atoms with E-state index in [1.165, 1.54) is 5.56 Å². The van der Waals surface area contributed by atoms with Crippen molar-refractivity contribution in [3.05, 3.63) is 84.2 Å². The minimum atomic E-state index is 0.427. The Morgan fingerprint density at radius 1 is 1.04 bits per heavy atom. The van der Waals surface area contributed by atoms with Crippen LogP contribution in [0.2, 0.25) is 0 Å². The SMILES string of the molecule is C=C1c2cc(-c3cnc(CC)c(C)c3)ccc2N=C(N)N1c1ccccc1. The van der Waals surface area contributed by atoms with Crippen LogP contribution in [0, 0.1) is 6.92 Å². The molecular formula is C23H22N4. The lowest BCUT2D eigenvalue weighted by atomic mass is 9.98. The van der Waals surface area contributed by atoms with Crippen LogP contribution < -0.4 is 10.6 Å². The van der Waals surface area contributed by atoms with E-state index in [0.717, 1.165) is 45.9 Å². The van der Waals surface area contributed by atoms with Crippen molar-refractivity contribution in [1.29, 1.82) is 0 Å². The number of anilines is 1. The van der Waals surface area contributed by atoms with Crippen molar-refractivity contribution >= 4 is 23.0 Å². The maximum absolute atomic E-state index is 6.22. The minimum Gasteiger partial charge on any atom is -0.369 e. The van der Waals surface area contributed by atoms with Crippen LogP contribution in [0.3, 0.4) is 0 Å². The molecule has 2 N–H and O–H groups in total. The highest BCUT2D eigenvalue weighted by atomic mass is 15.3. The molecule has 4 nitrogen and oxygen atoms in total. The van der Waals surface area contributed by atoms with Crippen LogP contribution in [-0.2, 0) is 6.42 Å². The van der Waals surface area contributed by atoms with Gasteiger partial charge in [0.05, 0.1) is 11.4 Å². The molecule has 2 heterocycles. The quantitative estimate of drug-likeness (QED) is 0.715. The monoisotopic (exact) mass is 354 g/mol. The Labute approximate surface area is 159 Å². The van der Waals surface area contributed by atoms with E-state index in [2.05, 4.69) is 48.6 Å². The summed E-state index contributed by atoms with van der Waals surface area (Å²) in [7, 11) is 0. The fraction of sp³-hybridized carbons (Fsp3) is 0.130. The van der Waals surface area contributed by atoms with E-state index in [9.17, 15) is 0 Å². The summed E-state index contributed by atoms with van der Waals surface area (Å²) in [6.07, 6.45) is 2.87. The van der Waals surface area contributed by atoms with Gasteiger partial charge in [-0.1, -0.05) is 37.8 Å². The lowest BCUT2D eigenvalue weighted by Crippen LogP contribution is -2.37. The van der Waals surface area contributed by atoms with Crippen molar-refractivity contribution in [2.24, 2.45) is 10.7 Å². The number of rotatable bonds is 3. The van der Waals surface area contributed by atoms with Crippen molar-refractivity contribution in [2.45, 2.75) is 20.3 Å². The van der Waals surface area contributed by atoms with Gasteiger partial charge in [-0.25, -0.2) is 4.99 Å². The van der Waals surface area contributed by atoms with Gasteiger partial charge in [-0.2, -0.15) is 0 Å². The molecule has 1 aromatic heterocycles. The number of guanidine groups is 1. The van der Waals surface area contributed by atoms with E-state index in [-0.39, 0.29) is 0 Å². The molecular weight excluding hydrogens is 332 g/mol. The van der Waals surface area contributed by atoms with Crippen molar-refractivity contribution in [3.63, 3.8) is 0 Å². The van der Waals surface area contributed by atoms with Crippen molar-refractivity contribution in [2.75, 3.05) is 4.90 Å². The smallest absolute Gasteiger partial charge is 0.205 e. The molecule has 4 heteroatoms. The highest BCUT2D eigenvalue weighted by Gasteiger charge is 2.23. The van der Waals surface area contributed by atoms with E-state index in [0.29, 0.717) is 5.96 Å². The molecule has 0 spiro atoms. The summed E-state index contributed by atoms with van der Waals surface area (Å²) < 4.78 is 0. The summed E-state index contributed by atoms with van der Waals surface area (Å²) in [5.41, 5.74) is 14.3. The molecule has 1 aliphatic rings. The van der Waals surface area contributed by atoms with Crippen LogP contribution in [0.5, 0.6) is 0 Å². The molecule has 0 unspecified atom stereocenters. The topological polar surface area (TPSA) is 54.5 Å². The van der Waals surface area contributed by atoms with E-state index < -0.39 is 0 Å². The zero-order valence-electron chi connectivity index (χ0n) is 15.6. The van der Waals surface area contributed by atoms with Gasteiger partial charge in [0.25, 0.3) is 0 Å². The van der Waals surface area contributed by atoms with Gasteiger partial charge in [0.1, 0.15) is 0 Å². The molecule has 0 saturated heterocycles. The Bertz CT molecular complexity index is 1050. The van der Waals surface area contributed by atoms with Crippen LogP contribution >= 0.6 is 0 Å². The normalized spacial score (nSPS) is 13.3. The number of para-hydroxylation sites is 1. The Balaban J connectivity index is 1.78. The number of aromatic nitrogens is 1. The van der Waals surface area contributed by atoms with E-state index in [4.69, 9.17) is 5.73 Å². The number of nitrogens with two attached hydrogens (primary N) is 1. The fourth-order valence-electron chi connectivity index (χ4n) is 3.47. The lowest BCUT2D eigenvalue weighted by molar-refractivity contribution is 1.01. The van der Waals surface area contributed by atoms with Crippen molar-refractivity contribution in [3.8, 4) is 11.1 Å². The van der Waals surface area contributed by atoms with Gasteiger partial charge in [-0.05, 0) is 54.8 Å². The molecule has 0 fully saturated rings. The molecule has 2 aromatic carbocycles. The number of hydrogen-bond acceptors (Lipinski definition) is 4. The fourth-order valence-corrected chi connectivity index (χ4v) is 3.47. The highest BCUT2D eigenvalue weighted by molar-refractivity contribution is 6.11. The lowest BCUT2D eigenvalue weighted by Gasteiger charge is -2.30. The number of pyridine rings is 1. The molecule has 27 heavy (non-hydrogen) atoms. The molecule has 0 radical (unpaired) electrons. The molecule has 0 atom stereocenters. The summed E-state index contributed by atoms with van der Waals surface area (Å²) in [6.45, 7) is 8.52. The van der Waals surface area contributed by atoms with Crippen LogP contribution in [-0.4, -0.2) is 10.9 Å². The average molecular weight is 354 g/mol. The molecule has 3 aromatic rings. The Morgan fingerprint density at radius 2 is 1.81 bits per heavy atom. The molecule has 1 aliphatic heterocycles. The first-order valence-corrected chi connectivity index (χ1v) is 9.07. The molecule has 0 amide bonds. The predicted octanol–water partition coefficient (Wildman–Crippen LogP) is 5.06. The minimum absolute atomic E-state index is 0.427. The maximum atomic E-state index is 6.22. The second-order valence-corrected chi connectivity index (χ2v) is 6.66. The molecule has 0 saturated carbocycles. The number of aliphatic imine (C=N–C) groups is 1. The average Bonchev–Trinajstić information content (AvgIpc) is 2.68. The zero-order valence-corrected chi connectivity index (χ0v) is 15.6. The summed E-state index contributed by atoms with van der Waals surface area (Å²) in [6, 6.07) is 18.3. The first kappa shape index (κ1) is 17.0. The summed E-state index contributed by atoms with van der Waals surface area (Å²) in [5, 5.41) is 0. The van der Waals surface area contributed by atoms with Gasteiger partial charge in [0, 0.05) is 28.7 Å². The van der Waals surface area contributed by atoms with Crippen LogP contribution in [0.25, 0.3) is 16.8 Å². The number of benzene rings is 2. The van der Waals surface area contributed by atoms with Crippen LogP contribution in [0.1, 0.15) is 23.7 Å². The maximum Gasteiger partial charge on any atom is 0.205 e. The number of hydrogen-bond donors (Lipinski definition) is 1. The first-order chi connectivity index (χ1) is 13.1. The predicted molar refractivity (Wildman–Crippen MR) is 113 cm³/mol. The Kier molecular flexibility index (Phi) is 4.24. The second-order valence-electron chi connectivity index (χ2n) is 6.66. The van der Waals surface area contributed by atoms with Gasteiger partial charge >= 0.3 is 0 Å². The van der Waals surface area contributed by atoms with Gasteiger partial charge in [0.15, 0.2) is 0 Å². The third kappa shape index (κ3) is 2.99. The Morgan fingerprint density at radius 3 is 2.52 bits per heavy atom.